The van der Waals surface area contributed by atoms with Crippen molar-refractivity contribution in [3.8, 4) is 0 Å². The van der Waals surface area contributed by atoms with Gasteiger partial charge in [0.15, 0.2) is 0 Å². The predicted octanol–water partition coefficient (Wildman–Crippen LogP) is 2.81. The summed E-state index contributed by atoms with van der Waals surface area (Å²) in [4.78, 5) is 11.3. The number of carbonyl (C=O) groups is 1. The normalized spacial score (nSPS) is 13.2. The number of halogens is 2. The second-order valence-corrected chi connectivity index (χ2v) is 4.63. The van der Waals surface area contributed by atoms with Crippen LogP contribution in [0.25, 0.3) is 0 Å². The molecule has 0 aliphatic heterocycles. The standard InChI is InChI=1S/C14H19F2NO2/c1-5-19-13(18)14(15,16)12(17)11-9(3)6-8(2)7-10(11)4/h6-7,12H,5,17H2,1-4H3/t12-/m1/s1. The van der Waals surface area contributed by atoms with Crippen molar-refractivity contribution in [3.63, 3.8) is 0 Å². The summed E-state index contributed by atoms with van der Waals surface area (Å²) in [6, 6.07) is 1.83. The molecule has 0 aromatic heterocycles. The van der Waals surface area contributed by atoms with Crippen LogP contribution in [0.5, 0.6) is 0 Å². The molecule has 0 saturated carbocycles. The maximum Gasteiger partial charge on any atom is 0.379 e. The van der Waals surface area contributed by atoms with Gasteiger partial charge in [-0.2, -0.15) is 8.78 Å². The molecule has 0 spiro atoms. The van der Waals surface area contributed by atoms with Gasteiger partial charge in [0.1, 0.15) is 6.04 Å². The molecule has 1 rings (SSSR count). The minimum Gasteiger partial charge on any atom is -0.462 e. The van der Waals surface area contributed by atoms with Gasteiger partial charge in [-0.15, -0.1) is 0 Å². The number of carbonyl (C=O) groups excluding carboxylic acids is 1. The van der Waals surface area contributed by atoms with Crippen LogP contribution in [0.2, 0.25) is 0 Å². The molecule has 0 heterocycles. The molecule has 0 fully saturated rings. The number of nitrogens with two attached hydrogens (primary N) is 1. The molecule has 0 saturated heterocycles. The van der Waals surface area contributed by atoms with Gasteiger partial charge in [-0.25, -0.2) is 4.79 Å². The van der Waals surface area contributed by atoms with Crippen molar-refractivity contribution in [1.29, 1.82) is 0 Å². The molecule has 1 aromatic rings. The first-order chi connectivity index (χ1) is 8.71. The molecule has 19 heavy (non-hydrogen) atoms. The van der Waals surface area contributed by atoms with E-state index in [4.69, 9.17) is 5.73 Å². The summed E-state index contributed by atoms with van der Waals surface area (Å²) >= 11 is 0. The third-order valence-corrected chi connectivity index (χ3v) is 2.99. The second-order valence-electron chi connectivity index (χ2n) is 4.63. The molecule has 0 bridgehead atoms. The molecule has 5 heteroatoms. The van der Waals surface area contributed by atoms with Crippen molar-refractivity contribution in [2.75, 3.05) is 6.61 Å². The summed E-state index contributed by atoms with van der Waals surface area (Å²) < 4.78 is 32.3. The zero-order valence-electron chi connectivity index (χ0n) is 11.6. The number of rotatable bonds is 4. The summed E-state index contributed by atoms with van der Waals surface area (Å²) in [6.07, 6.45) is 0. The van der Waals surface area contributed by atoms with Gasteiger partial charge in [0.2, 0.25) is 0 Å². The minimum atomic E-state index is -3.74. The lowest BCUT2D eigenvalue weighted by Gasteiger charge is -2.25. The fraction of sp³-hybridized carbons (Fsp3) is 0.500. The molecule has 106 valence electrons. The molecule has 0 aliphatic rings. The van der Waals surface area contributed by atoms with Crippen LogP contribution in [0.15, 0.2) is 12.1 Å². The van der Waals surface area contributed by atoms with Crippen LogP contribution >= 0.6 is 0 Å². The van der Waals surface area contributed by atoms with E-state index in [1.165, 1.54) is 6.92 Å². The van der Waals surface area contributed by atoms with Gasteiger partial charge in [-0.05, 0) is 44.4 Å². The summed E-state index contributed by atoms with van der Waals surface area (Å²) in [5.74, 6) is -5.32. The van der Waals surface area contributed by atoms with Gasteiger partial charge >= 0.3 is 11.9 Å². The van der Waals surface area contributed by atoms with E-state index < -0.39 is 17.9 Å². The van der Waals surface area contributed by atoms with Crippen molar-refractivity contribution in [1.82, 2.24) is 0 Å². The predicted molar refractivity (Wildman–Crippen MR) is 69.2 cm³/mol. The first-order valence-corrected chi connectivity index (χ1v) is 6.10. The van der Waals surface area contributed by atoms with E-state index in [2.05, 4.69) is 4.74 Å². The lowest BCUT2D eigenvalue weighted by atomic mass is 9.91. The minimum absolute atomic E-state index is 0.104. The Balaban J connectivity index is 3.19. The highest BCUT2D eigenvalue weighted by molar-refractivity contribution is 5.79. The fourth-order valence-corrected chi connectivity index (χ4v) is 2.22. The molecule has 1 atom stereocenters. The van der Waals surface area contributed by atoms with Crippen molar-refractivity contribution >= 4 is 5.97 Å². The molecular formula is C14H19F2NO2. The lowest BCUT2D eigenvalue weighted by molar-refractivity contribution is -0.174. The highest BCUT2D eigenvalue weighted by Gasteiger charge is 2.48. The van der Waals surface area contributed by atoms with Crippen molar-refractivity contribution in [2.24, 2.45) is 5.73 Å². The number of benzene rings is 1. The molecule has 2 N–H and O–H groups in total. The van der Waals surface area contributed by atoms with Crippen LogP contribution in [-0.2, 0) is 9.53 Å². The average molecular weight is 271 g/mol. The van der Waals surface area contributed by atoms with Crippen molar-refractivity contribution in [2.45, 2.75) is 39.7 Å². The summed E-state index contributed by atoms with van der Waals surface area (Å²) in [6.45, 7) is 6.65. The fourth-order valence-electron chi connectivity index (χ4n) is 2.22. The molecule has 0 unspecified atom stereocenters. The molecule has 0 aliphatic carbocycles. The van der Waals surface area contributed by atoms with Crippen LogP contribution < -0.4 is 5.73 Å². The van der Waals surface area contributed by atoms with Gasteiger partial charge in [-0.3, -0.25) is 0 Å². The zero-order chi connectivity index (χ0) is 14.8. The Kier molecular flexibility index (Phi) is 4.63. The van der Waals surface area contributed by atoms with E-state index >= 15 is 0 Å². The Bertz CT molecular complexity index is 463. The first kappa shape index (κ1) is 15.6. The maximum absolute atomic E-state index is 13.9. The Morgan fingerprint density at radius 2 is 1.79 bits per heavy atom. The number of alkyl halides is 2. The Morgan fingerprint density at radius 3 is 2.21 bits per heavy atom. The van der Waals surface area contributed by atoms with E-state index in [1.807, 2.05) is 6.92 Å². The van der Waals surface area contributed by atoms with Gasteiger partial charge in [0.25, 0.3) is 0 Å². The van der Waals surface area contributed by atoms with Gasteiger partial charge in [0.05, 0.1) is 6.61 Å². The number of hydrogen-bond acceptors (Lipinski definition) is 3. The Morgan fingerprint density at radius 1 is 1.32 bits per heavy atom. The number of esters is 1. The molecular weight excluding hydrogens is 252 g/mol. The molecule has 3 nitrogen and oxygen atoms in total. The highest BCUT2D eigenvalue weighted by atomic mass is 19.3. The number of aryl methyl sites for hydroxylation is 3. The molecule has 0 amide bonds. The lowest BCUT2D eigenvalue weighted by Crippen LogP contribution is -2.42. The smallest absolute Gasteiger partial charge is 0.379 e. The van der Waals surface area contributed by atoms with Gasteiger partial charge < -0.3 is 10.5 Å². The van der Waals surface area contributed by atoms with E-state index in [1.54, 1.807) is 26.0 Å². The number of hydrogen-bond donors (Lipinski definition) is 1. The van der Waals surface area contributed by atoms with Crippen LogP contribution in [0.3, 0.4) is 0 Å². The van der Waals surface area contributed by atoms with Crippen molar-refractivity contribution in [3.05, 3.63) is 34.4 Å². The van der Waals surface area contributed by atoms with E-state index in [-0.39, 0.29) is 6.61 Å². The maximum atomic E-state index is 13.9. The average Bonchev–Trinajstić information content (AvgIpc) is 2.27. The largest absolute Gasteiger partial charge is 0.462 e. The van der Waals surface area contributed by atoms with Crippen LogP contribution in [0.4, 0.5) is 8.78 Å². The van der Waals surface area contributed by atoms with Crippen LogP contribution in [-0.4, -0.2) is 18.5 Å². The van der Waals surface area contributed by atoms with Gasteiger partial charge in [0, 0.05) is 0 Å². The number of ether oxygens (including phenoxy) is 1. The topological polar surface area (TPSA) is 52.3 Å². The first-order valence-electron chi connectivity index (χ1n) is 6.10. The summed E-state index contributed by atoms with van der Waals surface area (Å²) in [5.41, 5.74) is 8.16. The molecule has 1 aromatic carbocycles. The van der Waals surface area contributed by atoms with E-state index in [0.29, 0.717) is 16.7 Å². The van der Waals surface area contributed by atoms with E-state index in [9.17, 15) is 13.6 Å². The summed E-state index contributed by atoms with van der Waals surface area (Å²) in [7, 11) is 0. The van der Waals surface area contributed by atoms with E-state index in [0.717, 1.165) is 5.56 Å². The monoisotopic (exact) mass is 271 g/mol. The second kappa shape index (κ2) is 5.65. The Hall–Kier alpha value is -1.49. The Labute approximate surface area is 111 Å². The molecule has 0 radical (unpaired) electrons. The quantitative estimate of drug-likeness (QED) is 0.857. The highest BCUT2D eigenvalue weighted by Crippen LogP contribution is 2.34. The van der Waals surface area contributed by atoms with Crippen molar-refractivity contribution < 1.29 is 18.3 Å². The third kappa shape index (κ3) is 3.10. The van der Waals surface area contributed by atoms with Crippen LogP contribution in [0.1, 0.15) is 35.2 Å². The van der Waals surface area contributed by atoms with Crippen LogP contribution in [0, 0.1) is 20.8 Å². The van der Waals surface area contributed by atoms with Gasteiger partial charge in [-0.1, -0.05) is 17.7 Å². The summed E-state index contributed by atoms with van der Waals surface area (Å²) in [5, 5.41) is 0. The zero-order valence-corrected chi connectivity index (χ0v) is 11.6. The third-order valence-electron chi connectivity index (χ3n) is 2.99. The SMILES string of the molecule is CCOC(=O)C(F)(F)[C@H](N)c1c(C)cc(C)cc1C.